The molecule has 1 atom stereocenters. The molecule has 1 aliphatic rings. The molecular weight excluding hydrogens is 272 g/mol. The smallest absolute Gasteiger partial charge is 0.264 e. The minimum Gasteiger partial charge on any atom is -0.351 e. The molecule has 2 rings (SSSR count). The van der Waals surface area contributed by atoms with Crippen molar-refractivity contribution in [3.8, 4) is 0 Å². The first-order chi connectivity index (χ1) is 9.48. The van der Waals surface area contributed by atoms with Crippen molar-refractivity contribution in [1.82, 2.24) is 20.2 Å². The number of aromatic nitrogens is 2. The second kappa shape index (κ2) is 6.63. The fourth-order valence-electron chi connectivity index (χ4n) is 2.47. The Kier molecular flexibility index (Phi) is 5.10. The summed E-state index contributed by atoms with van der Waals surface area (Å²) in [6.07, 6.45) is 3.54. The summed E-state index contributed by atoms with van der Waals surface area (Å²) in [5, 5.41) is 10.5. The maximum atomic E-state index is 12.2. The average molecular weight is 296 g/mol. The van der Waals surface area contributed by atoms with Crippen LogP contribution in [0.4, 0.5) is 0 Å². The average Bonchev–Trinajstić information content (AvgIpc) is 2.89. The minimum atomic E-state index is -0.146. The molecule has 20 heavy (non-hydrogen) atoms. The fraction of sp³-hybridized carbons (Fsp3) is 0.786. The van der Waals surface area contributed by atoms with E-state index in [1.807, 2.05) is 20.8 Å². The van der Waals surface area contributed by atoms with E-state index in [1.165, 1.54) is 24.4 Å². The highest BCUT2D eigenvalue weighted by Gasteiger charge is 2.26. The fourth-order valence-corrected chi connectivity index (χ4v) is 3.26. The van der Waals surface area contributed by atoms with Gasteiger partial charge in [-0.25, -0.2) is 0 Å². The summed E-state index contributed by atoms with van der Waals surface area (Å²) in [4.78, 5) is 12.9. The van der Waals surface area contributed by atoms with E-state index in [0.29, 0.717) is 10.8 Å². The van der Waals surface area contributed by atoms with Gasteiger partial charge in [0.15, 0.2) is 0 Å². The molecule has 1 aromatic heterocycles. The van der Waals surface area contributed by atoms with Gasteiger partial charge in [0.2, 0.25) is 0 Å². The monoisotopic (exact) mass is 296 g/mol. The van der Waals surface area contributed by atoms with Crippen LogP contribution in [0.2, 0.25) is 0 Å². The lowest BCUT2D eigenvalue weighted by molar-refractivity contribution is 0.0952. The highest BCUT2D eigenvalue weighted by molar-refractivity contribution is 7.08. The van der Waals surface area contributed by atoms with Gasteiger partial charge in [0, 0.05) is 12.0 Å². The number of carbonyl (C=O) groups excluding carboxylic acids is 1. The molecule has 2 heterocycles. The molecule has 112 valence electrons. The van der Waals surface area contributed by atoms with E-state index in [9.17, 15) is 4.79 Å². The highest BCUT2D eigenvalue weighted by Crippen LogP contribution is 2.25. The standard InChI is InChI=1S/C14H24N4OS/c1-14(2,3)12-11(20-18-17-12)13(19)16-8-6-10-5-4-7-15-9-10/h10,15H,4-9H2,1-3H3,(H,16,19). The lowest BCUT2D eigenvalue weighted by atomic mass is 9.91. The van der Waals surface area contributed by atoms with Crippen LogP contribution in [0.3, 0.4) is 0 Å². The zero-order chi connectivity index (χ0) is 14.6. The van der Waals surface area contributed by atoms with Gasteiger partial charge in [-0.3, -0.25) is 4.79 Å². The number of nitrogens with one attached hydrogen (secondary N) is 2. The molecule has 5 nitrogen and oxygen atoms in total. The highest BCUT2D eigenvalue weighted by atomic mass is 32.1. The predicted molar refractivity (Wildman–Crippen MR) is 81.2 cm³/mol. The minimum absolute atomic E-state index is 0.0336. The topological polar surface area (TPSA) is 66.9 Å². The molecule has 0 saturated carbocycles. The number of hydrogen-bond donors (Lipinski definition) is 2. The largest absolute Gasteiger partial charge is 0.351 e. The first-order valence-electron chi connectivity index (χ1n) is 7.30. The van der Waals surface area contributed by atoms with Crippen LogP contribution in [0.25, 0.3) is 0 Å². The van der Waals surface area contributed by atoms with E-state index in [0.717, 1.165) is 31.7 Å². The Bertz CT molecular complexity index is 446. The van der Waals surface area contributed by atoms with Crippen LogP contribution >= 0.6 is 11.5 Å². The Morgan fingerprint density at radius 2 is 2.30 bits per heavy atom. The van der Waals surface area contributed by atoms with E-state index in [-0.39, 0.29) is 11.3 Å². The van der Waals surface area contributed by atoms with Gasteiger partial charge in [0.25, 0.3) is 5.91 Å². The molecule has 1 aliphatic heterocycles. The third kappa shape index (κ3) is 3.99. The molecule has 1 amide bonds. The Morgan fingerprint density at radius 1 is 1.50 bits per heavy atom. The third-order valence-corrected chi connectivity index (χ3v) is 4.37. The van der Waals surface area contributed by atoms with Crippen molar-refractivity contribution < 1.29 is 4.79 Å². The molecule has 0 aliphatic carbocycles. The number of rotatable bonds is 4. The first-order valence-corrected chi connectivity index (χ1v) is 8.07. The normalized spacial score (nSPS) is 19.9. The predicted octanol–water partition coefficient (Wildman–Crippen LogP) is 1.96. The van der Waals surface area contributed by atoms with Crippen LogP contribution in [-0.4, -0.2) is 35.1 Å². The van der Waals surface area contributed by atoms with Gasteiger partial charge >= 0.3 is 0 Å². The number of piperidine rings is 1. The summed E-state index contributed by atoms with van der Waals surface area (Å²) in [6, 6.07) is 0. The number of nitrogens with zero attached hydrogens (tertiary/aromatic N) is 2. The van der Waals surface area contributed by atoms with Crippen LogP contribution in [-0.2, 0) is 5.41 Å². The van der Waals surface area contributed by atoms with Crippen molar-refractivity contribution in [1.29, 1.82) is 0 Å². The van der Waals surface area contributed by atoms with Crippen LogP contribution in [0.15, 0.2) is 0 Å². The zero-order valence-corrected chi connectivity index (χ0v) is 13.3. The van der Waals surface area contributed by atoms with Crippen molar-refractivity contribution in [3.63, 3.8) is 0 Å². The van der Waals surface area contributed by atoms with Gasteiger partial charge in [-0.15, -0.1) is 5.10 Å². The number of hydrogen-bond acceptors (Lipinski definition) is 5. The van der Waals surface area contributed by atoms with E-state index in [4.69, 9.17) is 0 Å². The van der Waals surface area contributed by atoms with Crippen LogP contribution in [0.5, 0.6) is 0 Å². The van der Waals surface area contributed by atoms with Crippen molar-refractivity contribution in [2.24, 2.45) is 5.92 Å². The Balaban J connectivity index is 1.84. The molecule has 1 saturated heterocycles. The lowest BCUT2D eigenvalue weighted by Gasteiger charge is -2.22. The van der Waals surface area contributed by atoms with E-state index >= 15 is 0 Å². The molecule has 1 unspecified atom stereocenters. The Hall–Kier alpha value is -1.01. The van der Waals surface area contributed by atoms with Gasteiger partial charge in [0.05, 0.1) is 5.69 Å². The van der Waals surface area contributed by atoms with Crippen molar-refractivity contribution >= 4 is 17.4 Å². The first kappa shape index (κ1) is 15.4. The Labute approximate surface area is 124 Å². The molecule has 1 fully saturated rings. The van der Waals surface area contributed by atoms with Gasteiger partial charge in [-0.05, 0) is 49.8 Å². The van der Waals surface area contributed by atoms with Crippen LogP contribution in [0, 0.1) is 5.92 Å². The van der Waals surface area contributed by atoms with Gasteiger partial charge < -0.3 is 10.6 Å². The van der Waals surface area contributed by atoms with Crippen LogP contribution < -0.4 is 10.6 Å². The quantitative estimate of drug-likeness (QED) is 0.891. The molecule has 0 radical (unpaired) electrons. The molecule has 1 aromatic rings. The van der Waals surface area contributed by atoms with Crippen molar-refractivity contribution in [2.75, 3.05) is 19.6 Å². The summed E-state index contributed by atoms with van der Waals surface area (Å²) in [5.74, 6) is 0.652. The lowest BCUT2D eigenvalue weighted by Crippen LogP contribution is -2.33. The van der Waals surface area contributed by atoms with Gasteiger partial charge in [0.1, 0.15) is 4.88 Å². The molecule has 0 bridgehead atoms. The van der Waals surface area contributed by atoms with E-state index in [2.05, 4.69) is 20.2 Å². The maximum absolute atomic E-state index is 12.2. The van der Waals surface area contributed by atoms with Gasteiger partial charge in [-0.1, -0.05) is 25.3 Å². The van der Waals surface area contributed by atoms with Gasteiger partial charge in [-0.2, -0.15) is 0 Å². The number of amides is 1. The van der Waals surface area contributed by atoms with E-state index in [1.54, 1.807) is 0 Å². The summed E-state index contributed by atoms with van der Waals surface area (Å²) >= 11 is 1.19. The number of carbonyl (C=O) groups is 1. The summed E-state index contributed by atoms with van der Waals surface area (Å²) in [5.41, 5.74) is 0.645. The summed E-state index contributed by atoms with van der Waals surface area (Å²) in [7, 11) is 0. The molecule has 2 N–H and O–H groups in total. The zero-order valence-electron chi connectivity index (χ0n) is 12.5. The summed E-state index contributed by atoms with van der Waals surface area (Å²) < 4.78 is 3.93. The maximum Gasteiger partial charge on any atom is 0.264 e. The van der Waals surface area contributed by atoms with Crippen LogP contribution in [0.1, 0.15) is 55.4 Å². The molecule has 0 aromatic carbocycles. The van der Waals surface area contributed by atoms with E-state index < -0.39 is 0 Å². The Morgan fingerprint density at radius 3 is 2.95 bits per heavy atom. The van der Waals surface area contributed by atoms with Crippen molar-refractivity contribution in [3.05, 3.63) is 10.6 Å². The molecule has 6 heteroatoms. The second-order valence-corrected chi connectivity index (χ2v) is 7.21. The molecule has 0 spiro atoms. The SMILES string of the molecule is CC(C)(C)c1nnsc1C(=O)NCCC1CCCNC1. The van der Waals surface area contributed by atoms with Crippen molar-refractivity contribution in [2.45, 2.75) is 45.4 Å². The molecular formula is C14H24N4OS. The second-order valence-electron chi connectivity index (χ2n) is 6.46. The third-order valence-electron chi connectivity index (χ3n) is 3.64. The summed E-state index contributed by atoms with van der Waals surface area (Å²) in [6.45, 7) is 9.08.